The molecule has 0 saturated heterocycles. The summed E-state index contributed by atoms with van der Waals surface area (Å²) in [6, 6.07) is 5.55. The van der Waals surface area contributed by atoms with Crippen LogP contribution in [0.2, 0.25) is 5.02 Å². The Balaban J connectivity index is 2.15. The molecule has 2 aromatic rings. The average molecular weight is 282 g/mol. The van der Waals surface area contributed by atoms with Crippen molar-refractivity contribution in [2.45, 2.75) is 32.9 Å². The van der Waals surface area contributed by atoms with Crippen molar-refractivity contribution in [3.63, 3.8) is 0 Å². The molecule has 0 saturated carbocycles. The third-order valence-electron chi connectivity index (χ3n) is 2.71. The lowest BCUT2D eigenvalue weighted by Gasteiger charge is -2.13. The predicted molar refractivity (Wildman–Crippen MR) is 72.2 cm³/mol. The van der Waals surface area contributed by atoms with Gasteiger partial charge in [-0.15, -0.1) is 0 Å². The van der Waals surface area contributed by atoms with Gasteiger partial charge in [0.2, 0.25) is 0 Å². The molecule has 0 spiro atoms. The molecule has 0 bridgehead atoms. The zero-order valence-corrected chi connectivity index (χ0v) is 11.6. The van der Waals surface area contributed by atoms with Crippen LogP contribution in [-0.2, 0) is 13.0 Å². The number of benzene rings is 1. The molecule has 1 aromatic heterocycles. The summed E-state index contributed by atoms with van der Waals surface area (Å²) in [5.41, 5.74) is 8.13. The summed E-state index contributed by atoms with van der Waals surface area (Å²) in [7, 11) is 0. The van der Waals surface area contributed by atoms with Gasteiger partial charge in [-0.25, -0.2) is 4.63 Å². The van der Waals surface area contributed by atoms with Crippen molar-refractivity contribution in [3.05, 3.63) is 40.2 Å². The lowest BCUT2D eigenvalue weighted by Crippen LogP contribution is -2.18. The number of aromatic nitrogens is 2. The lowest BCUT2D eigenvalue weighted by molar-refractivity contribution is 0.268. The molecule has 0 aliphatic heterocycles. The molecule has 6 heteroatoms. The molecule has 1 heterocycles. The Morgan fingerprint density at radius 2 is 2.21 bits per heavy atom. The first-order valence-corrected chi connectivity index (χ1v) is 6.39. The average Bonchev–Trinajstić information content (AvgIpc) is 2.75. The van der Waals surface area contributed by atoms with Crippen molar-refractivity contribution < 1.29 is 9.37 Å². The Morgan fingerprint density at radius 3 is 2.84 bits per heavy atom. The third kappa shape index (κ3) is 3.45. The number of hydrogen-bond donors (Lipinski definition) is 1. The molecule has 0 amide bonds. The van der Waals surface area contributed by atoms with E-state index in [1.807, 2.05) is 32.0 Å². The number of rotatable bonds is 5. The van der Waals surface area contributed by atoms with E-state index in [1.54, 1.807) is 0 Å². The van der Waals surface area contributed by atoms with Crippen molar-refractivity contribution in [2.75, 3.05) is 0 Å². The number of nitrogens with two attached hydrogens (primary N) is 1. The minimum atomic E-state index is 0.0118. The van der Waals surface area contributed by atoms with E-state index < -0.39 is 0 Å². The van der Waals surface area contributed by atoms with Crippen LogP contribution in [-0.4, -0.2) is 16.4 Å². The summed E-state index contributed by atoms with van der Waals surface area (Å²) in [6.07, 6.45) is 0.658. The highest BCUT2D eigenvalue weighted by atomic mass is 35.5. The van der Waals surface area contributed by atoms with Crippen molar-refractivity contribution in [3.8, 4) is 5.75 Å². The van der Waals surface area contributed by atoms with E-state index in [4.69, 9.17) is 22.1 Å². The van der Waals surface area contributed by atoms with Crippen LogP contribution in [0.3, 0.4) is 0 Å². The summed E-state index contributed by atoms with van der Waals surface area (Å²) in [5.74, 6) is 0.715. The van der Waals surface area contributed by atoms with Crippen LogP contribution in [0.25, 0.3) is 0 Å². The number of hydrogen-bond acceptors (Lipinski definition) is 5. The molecular weight excluding hydrogens is 266 g/mol. The first-order chi connectivity index (χ1) is 9.08. The van der Waals surface area contributed by atoms with E-state index in [0.717, 1.165) is 11.3 Å². The second kappa shape index (κ2) is 6.04. The summed E-state index contributed by atoms with van der Waals surface area (Å²) in [6.45, 7) is 4.04. The fourth-order valence-electron chi connectivity index (χ4n) is 1.72. The molecule has 0 aliphatic carbocycles. The van der Waals surface area contributed by atoms with Gasteiger partial charge in [0.05, 0.1) is 0 Å². The summed E-state index contributed by atoms with van der Waals surface area (Å²) < 4.78 is 10.4. The highest BCUT2D eigenvalue weighted by Crippen LogP contribution is 2.28. The van der Waals surface area contributed by atoms with Gasteiger partial charge in [0.25, 0.3) is 0 Å². The highest BCUT2D eigenvalue weighted by molar-refractivity contribution is 6.31. The molecule has 0 radical (unpaired) electrons. The maximum absolute atomic E-state index is 6.18. The van der Waals surface area contributed by atoms with Crippen molar-refractivity contribution in [1.29, 1.82) is 0 Å². The van der Waals surface area contributed by atoms with Crippen LogP contribution < -0.4 is 10.5 Å². The highest BCUT2D eigenvalue weighted by Gasteiger charge is 2.12. The Hall–Kier alpha value is -1.59. The minimum absolute atomic E-state index is 0.0118. The van der Waals surface area contributed by atoms with E-state index in [2.05, 4.69) is 14.9 Å². The first kappa shape index (κ1) is 13.8. The number of ether oxygens (including phenoxy) is 1. The Labute approximate surface area is 116 Å². The molecule has 2 N–H and O–H groups in total. The van der Waals surface area contributed by atoms with Gasteiger partial charge in [0.15, 0.2) is 0 Å². The molecule has 0 fully saturated rings. The summed E-state index contributed by atoms with van der Waals surface area (Å²) in [5, 5.41) is 8.14. The zero-order valence-electron chi connectivity index (χ0n) is 10.9. The molecule has 1 aromatic carbocycles. The van der Waals surface area contributed by atoms with Gasteiger partial charge in [-0.2, -0.15) is 0 Å². The number of nitrogens with zero attached hydrogens (tertiary/aromatic N) is 2. The topological polar surface area (TPSA) is 74.2 Å². The van der Waals surface area contributed by atoms with Gasteiger partial charge in [0, 0.05) is 16.6 Å². The molecule has 102 valence electrons. The van der Waals surface area contributed by atoms with Gasteiger partial charge in [-0.05, 0) is 32.4 Å². The molecule has 19 heavy (non-hydrogen) atoms. The second-order valence-electron chi connectivity index (χ2n) is 4.48. The lowest BCUT2D eigenvalue weighted by atomic mass is 10.1. The normalized spacial score (nSPS) is 12.4. The Kier molecular flexibility index (Phi) is 4.39. The van der Waals surface area contributed by atoms with Crippen LogP contribution in [0, 0.1) is 6.92 Å². The standard InChI is InChI=1S/C13H16ClN3O2/c1-8(15)6-10-11(14)4-3-5-13(10)18-7-12-9(2)16-19-17-12/h3-5,8H,6-7,15H2,1-2H3. The van der Waals surface area contributed by atoms with E-state index >= 15 is 0 Å². The van der Waals surface area contributed by atoms with Gasteiger partial charge in [-0.1, -0.05) is 28.0 Å². The van der Waals surface area contributed by atoms with Crippen molar-refractivity contribution in [2.24, 2.45) is 5.73 Å². The first-order valence-electron chi connectivity index (χ1n) is 6.01. The Bertz CT molecular complexity index is 555. The van der Waals surface area contributed by atoms with Gasteiger partial charge in [-0.3, -0.25) is 0 Å². The van der Waals surface area contributed by atoms with Crippen molar-refractivity contribution in [1.82, 2.24) is 10.3 Å². The molecule has 5 nitrogen and oxygen atoms in total. The summed E-state index contributed by atoms with van der Waals surface area (Å²) >= 11 is 6.18. The Morgan fingerprint density at radius 1 is 1.42 bits per heavy atom. The molecule has 2 rings (SSSR count). The fraction of sp³-hybridized carbons (Fsp3) is 0.385. The number of halogens is 1. The monoisotopic (exact) mass is 281 g/mol. The van der Waals surface area contributed by atoms with Gasteiger partial charge >= 0.3 is 0 Å². The van der Waals surface area contributed by atoms with Crippen molar-refractivity contribution >= 4 is 11.6 Å². The van der Waals surface area contributed by atoms with E-state index in [-0.39, 0.29) is 6.04 Å². The largest absolute Gasteiger partial charge is 0.487 e. The van der Waals surface area contributed by atoms with E-state index in [0.29, 0.717) is 29.5 Å². The van der Waals surface area contributed by atoms with E-state index in [1.165, 1.54) is 0 Å². The van der Waals surface area contributed by atoms with Gasteiger partial charge in [0.1, 0.15) is 23.7 Å². The minimum Gasteiger partial charge on any atom is -0.487 e. The SMILES string of the molecule is Cc1nonc1COc1cccc(Cl)c1CC(C)N. The van der Waals surface area contributed by atoms with Crippen LogP contribution in [0.15, 0.2) is 22.8 Å². The van der Waals surface area contributed by atoms with Crippen LogP contribution in [0.4, 0.5) is 0 Å². The quantitative estimate of drug-likeness (QED) is 0.911. The second-order valence-corrected chi connectivity index (χ2v) is 4.89. The van der Waals surface area contributed by atoms with Crippen LogP contribution in [0.1, 0.15) is 23.9 Å². The molecule has 1 unspecified atom stereocenters. The van der Waals surface area contributed by atoms with Crippen LogP contribution in [0.5, 0.6) is 5.75 Å². The third-order valence-corrected chi connectivity index (χ3v) is 3.07. The fourth-order valence-corrected chi connectivity index (χ4v) is 1.96. The molecule has 0 aliphatic rings. The summed E-state index contributed by atoms with van der Waals surface area (Å²) in [4.78, 5) is 0. The van der Waals surface area contributed by atoms with E-state index in [9.17, 15) is 0 Å². The predicted octanol–water partition coefficient (Wildman–Crippen LogP) is 2.50. The smallest absolute Gasteiger partial charge is 0.145 e. The van der Waals surface area contributed by atoms with Gasteiger partial charge < -0.3 is 10.5 Å². The maximum Gasteiger partial charge on any atom is 0.145 e. The maximum atomic E-state index is 6.18. The van der Waals surface area contributed by atoms with Crippen LogP contribution >= 0.6 is 11.6 Å². The zero-order chi connectivity index (χ0) is 13.8. The molecule has 1 atom stereocenters. The molecular formula is C13H16ClN3O2. The number of aryl methyl sites for hydroxylation is 1.